The summed E-state index contributed by atoms with van der Waals surface area (Å²) in [5, 5.41) is 37.3. The number of nitrogens with zero attached hydrogens (tertiary/aromatic N) is 1. The largest absolute Gasteiger partial charge is 0.481 e. The van der Waals surface area contributed by atoms with Crippen LogP contribution in [0, 0.1) is 0 Å². The Kier molecular flexibility index (Phi) is 18.1. The van der Waals surface area contributed by atoms with Crippen molar-refractivity contribution in [2.45, 2.75) is 109 Å². The summed E-state index contributed by atoms with van der Waals surface area (Å²) >= 11 is 0. The van der Waals surface area contributed by atoms with Crippen LogP contribution < -0.4 is 32.7 Å². The van der Waals surface area contributed by atoms with Gasteiger partial charge in [0.1, 0.15) is 30.2 Å². The highest BCUT2D eigenvalue weighted by Gasteiger charge is 2.37. The first-order chi connectivity index (χ1) is 23.4. The Morgan fingerprint density at radius 1 is 0.700 bits per heavy atom. The van der Waals surface area contributed by atoms with Gasteiger partial charge < -0.3 is 53.0 Å². The van der Waals surface area contributed by atoms with E-state index in [9.17, 15) is 48.6 Å². The van der Waals surface area contributed by atoms with E-state index in [0.29, 0.717) is 24.9 Å². The molecule has 0 heterocycles. The van der Waals surface area contributed by atoms with E-state index in [-0.39, 0.29) is 12.8 Å². The lowest BCUT2D eigenvalue weighted by Crippen LogP contribution is -2.60. The van der Waals surface area contributed by atoms with Crippen molar-refractivity contribution in [3.05, 3.63) is 35.9 Å². The van der Waals surface area contributed by atoms with Crippen molar-refractivity contribution in [1.82, 2.24) is 26.2 Å². The maximum Gasteiger partial charge on any atom is 0.326 e. The second-order valence-corrected chi connectivity index (χ2v) is 12.1. The molecule has 0 aromatic heterocycles. The summed E-state index contributed by atoms with van der Waals surface area (Å²) in [4.78, 5) is 101. The second kappa shape index (κ2) is 21.1. The molecule has 278 valence electrons. The van der Waals surface area contributed by atoms with Gasteiger partial charge in [0.2, 0.25) is 29.5 Å². The van der Waals surface area contributed by atoms with E-state index in [1.54, 1.807) is 44.2 Å². The van der Waals surface area contributed by atoms with Crippen LogP contribution in [0.1, 0.15) is 65.4 Å². The molecule has 0 unspecified atom stereocenters. The monoisotopic (exact) mass is 707 g/mol. The summed E-state index contributed by atoms with van der Waals surface area (Å²) in [5.74, 6) is -8.61. The van der Waals surface area contributed by atoms with Crippen LogP contribution in [-0.2, 0) is 44.8 Å². The molecule has 0 aliphatic heterocycles. The maximum atomic E-state index is 14.0. The molecule has 0 aliphatic carbocycles. The second-order valence-electron chi connectivity index (χ2n) is 12.1. The van der Waals surface area contributed by atoms with Crippen molar-refractivity contribution in [2.75, 3.05) is 6.54 Å². The van der Waals surface area contributed by atoms with Gasteiger partial charge in [0, 0.05) is 12.5 Å². The van der Waals surface area contributed by atoms with E-state index in [1.807, 2.05) is 0 Å². The molecule has 5 amide bonds. The summed E-state index contributed by atoms with van der Waals surface area (Å²) in [6.45, 7) is 6.22. The molecule has 11 N–H and O–H groups in total. The molecule has 0 radical (unpaired) electrons. The maximum absolute atomic E-state index is 14.0. The highest BCUT2D eigenvalue weighted by atomic mass is 16.4. The summed E-state index contributed by atoms with van der Waals surface area (Å²) in [6, 6.07) is -0.187. The number of carbonyl (C=O) groups is 8. The summed E-state index contributed by atoms with van der Waals surface area (Å²) in [5.41, 5.74) is 11.7. The van der Waals surface area contributed by atoms with Crippen molar-refractivity contribution < 1.29 is 53.7 Å². The van der Waals surface area contributed by atoms with E-state index in [1.165, 1.54) is 18.7 Å². The molecule has 18 nitrogen and oxygen atoms in total. The van der Waals surface area contributed by atoms with Crippen molar-refractivity contribution in [2.24, 2.45) is 11.5 Å². The van der Waals surface area contributed by atoms with Gasteiger partial charge in [0.25, 0.3) is 0 Å². The average molecular weight is 708 g/mol. The van der Waals surface area contributed by atoms with Gasteiger partial charge in [-0.25, -0.2) is 4.79 Å². The number of unbranched alkanes of at least 4 members (excludes halogenated alkanes) is 1. The van der Waals surface area contributed by atoms with Crippen LogP contribution in [0.3, 0.4) is 0 Å². The van der Waals surface area contributed by atoms with Crippen LogP contribution in [0.5, 0.6) is 0 Å². The number of nitrogens with one attached hydrogen (secondary N) is 4. The number of carboxylic acids is 3. The van der Waals surface area contributed by atoms with Gasteiger partial charge in [-0.3, -0.25) is 33.6 Å². The molecule has 1 rings (SSSR count). The van der Waals surface area contributed by atoms with Gasteiger partial charge in [-0.2, -0.15) is 0 Å². The van der Waals surface area contributed by atoms with E-state index < -0.39 is 103 Å². The van der Waals surface area contributed by atoms with Crippen LogP contribution in [0.4, 0.5) is 0 Å². The lowest BCUT2D eigenvalue weighted by molar-refractivity contribution is -0.153. The fourth-order valence-electron chi connectivity index (χ4n) is 4.89. The van der Waals surface area contributed by atoms with Gasteiger partial charge in [-0.05, 0) is 59.1 Å². The lowest BCUT2D eigenvalue weighted by Gasteiger charge is -2.36. The van der Waals surface area contributed by atoms with Crippen molar-refractivity contribution in [3.8, 4) is 0 Å². The predicted molar refractivity (Wildman–Crippen MR) is 178 cm³/mol. The van der Waals surface area contributed by atoms with Gasteiger partial charge in [-0.1, -0.05) is 30.3 Å². The summed E-state index contributed by atoms with van der Waals surface area (Å²) in [6.07, 6.45) is -0.535. The molecular formula is C32H49N7O11. The van der Waals surface area contributed by atoms with Crippen LogP contribution in [0.25, 0.3) is 0 Å². The highest BCUT2D eigenvalue weighted by molar-refractivity contribution is 5.97. The summed E-state index contributed by atoms with van der Waals surface area (Å²) in [7, 11) is 0. The quantitative estimate of drug-likeness (QED) is 0.0608. The van der Waals surface area contributed by atoms with Crippen molar-refractivity contribution in [1.29, 1.82) is 0 Å². The Labute approximate surface area is 289 Å². The highest BCUT2D eigenvalue weighted by Crippen LogP contribution is 2.17. The van der Waals surface area contributed by atoms with E-state index >= 15 is 0 Å². The fourth-order valence-corrected chi connectivity index (χ4v) is 4.89. The summed E-state index contributed by atoms with van der Waals surface area (Å²) < 4.78 is 0. The lowest BCUT2D eigenvalue weighted by atomic mass is 10.0. The topological polar surface area (TPSA) is 301 Å². The molecule has 50 heavy (non-hydrogen) atoms. The van der Waals surface area contributed by atoms with E-state index in [4.69, 9.17) is 16.6 Å². The molecule has 1 aromatic rings. The number of aliphatic carboxylic acids is 3. The van der Waals surface area contributed by atoms with Crippen LogP contribution in [0.15, 0.2) is 30.3 Å². The number of hydrogen-bond donors (Lipinski definition) is 9. The number of nitrogens with two attached hydrogens (primary N) is 2. The minimum absolute atomic E-state index is 0.00368. The van der Waals surface area contributed by atoms with Crippen LogP contribution in [-0.4, -0.2) is 117 Å². The molecule has 0 spiro atoms. The normalized spacial score (nSPS) is 14.5. The first-order valence-corrected chi connectivity index (χ1v) is 16.1. The molecule has 0 bridgehead atoms. The molecule has 6 atom stereocenters. The predicted octanol–water partition coefficient (Wildman–Crippen LogP) is -1.70. The Morgan fingerprint density at radius 2 is 1.22 bits per heavy atom. The van der Waals surface area contributed by atoms with Crippen molar-refractivity contribution >= 4 is 47.4 Å². The minimum atomic E-state index is -1.71. The van der Waals surface area contributed by atoms with Gasteiger partial charge in [0.05, 0.1) is 18.9 Å². The number of amides is 5. The third-order valence-corrected chi connectivity index (χ3v) is 7.51. The minimum Gasteiger partial charge on any atom is -0.481 e. The molecule has 0 aliphatic rings. The number of carbonyl (C=O) groups excluding carboxylic acids is 5. The molecule has 0 saturated carbocycles. The van der Waals surface area contributed by atoms with Crippen molar-refractivity contribution in [3.63, 3.8) is 0 Å². The average Bonchev–Trinajstić information content (AvgIpc) is 3.02. The third-order valence-electron chi connectivity index (χ3n) is 7.51. The Hall–Kier alpha value is -5.10. The molecule has 0 fully saturated rings. The van der Waals surface area contributed by atoms with Crippen LogP contribution in [0.2, 0.25) is 0 Å². The Morgan fingerprint density at radius 3 is 1.72 bits per heavy atom. The van der Waals surface area contributed by atoms with Gasteiger partial charge in [-0.15, -0.1) is 0 Å². The van der Waals surface area contributed by atoms with E-state index in [2.05, 4.69) is 21.3 Å². The first kappa shape index (κ1) is 42.9. The smallest absolute Gasteiger partial charge is 0.326 e. The number of rotatable bonds is 22. The zero-order valence-corrected chi connectivity index (χ0v) is 28.6. The van der Waals surface area contributed by atoms with E-state index in [0.717, 1.165) is 0 Å². The Bertz CT molecular complexity index is 1360. The standard InChI is InChI=1S/C32H49N7O11/c1-17(2)39(24(32(49)50)12-8-9-13-33)31(48)23(14-20-10-6-5-7-11-20)38-28(45)19(4)35-27(44)18(3)36-30(47)22(16-26(42)43)37-29(46)21(34)15-25(40)41/h5-7,10-11,17-19,21-24H,8-9,12-16,33-34H2,1-4H3,(H,35,44)(H,36,47)(H,37,46)(H,38,45)(H,40,41)(H,42,43)(H,49,50)/t18-,19-,21-,22-,23-,24-/m0/s1. The third kappa shape index (κ3) is 14.6. The molecular weight excluding hydrogens is 658 g/mol. The molecule has 0 saturated heterocycles. The SMILES string of the molecule is CC(C)N(C(=O)[C@H](Cc1ccccc1)NC(=O)[C@H](C)NC(=O)[C@H](C)NC(=O)[C@H](CC(=O)O)NC(=O)[C@@H](N)CC(=O)O)[C@@H](CCCCN)C(=O)O. The molecule has 1 aromatic carbocycles. The number of carboxylic acid groups (broad SMARTS) is 3. The number of benzene rings is 1. The zero-order chi connectivity index (χ0) is 38.1. The first-order valence-electron chi connectivity index (χ1n) is 16.1. The number of hydrogen-bond acceptors (Lipinski definition) is 10. The van der Waals surface area contributed by atoms with Gasteiger partial charge in [0.15, 0.2) is 0 Å². The fraction of sp³-hybridized carbons (Fsp3) is 0.562. The molecule has 18 heteroatoms. The van der Waals surface area contributed by atoms with Crippen LogP contribution >= 0.6 is 0 Å². The van der Waals surface area contributed by atoms with Gasteiger partial charge >= 0.3 is 17.9 Å². The Balaban J connectivity index is 3.12. The zero-order valence-electron chi connectivity index (χ0n) is 28.6.